The molecule has 0 heterocycles. The zero-order valence-electron chi connectivity index (χ0n) is 7.83. The van der Waals surface area contributed by atoms with E-state index in [1.165, 1.54) is 6.92 Å². The average Bonchev–Trinajstić information content (AvgIpc) is 2.85. The minimum atomic E-state index is -3.24. The lowest BCUT2D eigenvalue weighted by molar-refractivity contribution is 0.141. The maximum atomic E-state index is 11.6. The number of aliphatic hydroxyl groups is 1. The molecule has 0 aromatic rings. The highest BCUT2D eigenvalue weighted by Gasteiger charge is 2.48. The largest absolute Gasteiger partial charge is 0.390 e. The lowest BCUT2D eigenvalue weighted by Gasteiger charge is -2.27. The predicted octanol–water partition coefficient (Wildman–Crippen LogP) is 1.30. The van der Waals surface area contributed by atoms with Crippen molar-refractivity contribution < 1.29 is 13.5 Å². The fraction of sp³-hybridized carbons (Fsp3) is 1.00. The number of halogens is 1. The molecule has 0 aromatic heterocycles. The first kappa shape index (κ1) is 11.5. The van der Waals surface area contributed by atoms with Crippen LogP contribution in [-0.4, -0.2) is 29.0 Å². The van der Waals surface area contributed by atoms with Gasteiger partial charge in [-0.25, -0.2) is 8.42 Å². The molecule has 1 rings (SSSR count). The predicted molar refractivity (Wildman–Crippen MR) is 55.5 cm³/mol. The van der Waals surface area contributed by atoms with Gasteiger partial charge in [-0.3, -0.25) is 0 Å². The van der Waals surface area contributed by atoms with Crippen molar-refractivity contribution >= 4 is 25.8 Å². The van der Waals surface area contributed by atoms with E-state index < -0.39 is 19.6 Å². The van der Waals surface area contributed by atoms with Crippen LogP contribution in [0.1, 0.15) is 26.7 Å². The van der Waals surface area contributed by atoms with E-state index in [2.05, 4.69) is 15.9 Å². The van der Waals surface area contributed by atoms with Crippen molar-refractivity contribution in [2.24, 2.45) is 5.92 Å². The second-order valence-electron chi connectivity index (χ2n) is 3.67. The van der Waals surface area contributed by atoms with E-state index in [-0.39, 0.29) is 11.7 Å². The second kappa shape index (κ2) is 3.51. The Labute approximate surface area is 87.6 Å². The summed E-state index contributed by atoms with van der Waals surface area (Å²) in [7, 11) is -3.24. The molecule has 0 amide bonds. The van der Waals surface area contributed by atoms with E-state index in [9.17, 15) is 13.5 Å². The standard InChI is InChI=1S/C8H15BrO3S/c1-3-13(11,12)8(2,9)7(10)6-4-5-6/h6-7,10H,3-5H2,1-2H3/t7-,8-/m1/s1. The summed E-state index contributed by atoms with van der Waals surface area (Å²) in [4.78, 5) is 0. The maximum Gasteiger partial charge on any atom is 0.167 e. The molecule has 1 aliphatic rings. The van der Waals surface area contributed by atoms with Crippen LogP contribution < -0.4 is 0 Å². The van der Waals surface area contributed by atoms with Gasteiger partial charge in [0.2, 0.25) is 0 Å². The Kier molecular flexibility index (Phi) is 3.10. The molecule has 0 radical (unpaired) electrons. The maximum absolute atomic E-state index is 11.6. The van der Waals surface area contributed by atoms with Gasteiger partial charge < -0.3 is 5.11 Å². The summed E-state index contributed by atoms with van der Waals surface area (Å²) in [5, 5.41) is 9.76. The van der Waals surface area contributed by atoms with Gasteiger partial charge in [0.15, 0.2) is 9.84 Å². The molecule has 78 valence electrons. The third-order valence-corrected chi connectivity index (χ3v) is 6.75. The van der Waals surface area contributed by atoms with Crippen molar-refractivity contribution in [2.45, 2.75) is 36.4 Å². The summed E-state index contributed by atoms with van der Waals surface area (Å²) < 4.78 is 22.0. The lowest BCUT2D eigenvalue weighted by Crippen LogP contribution is -2.43. The highest BCUT2D eigenvalue weighted by molar-refractivity contribution is 9.11. The van der Waals surface area contributed by atoms with E-state index in [1.54, 1.807) is 6.92 Å². The molecule has 2 atom stereocenters. The van der Waals surface area contributed by atoms with Crippen molar-refractivity contribution in [3.63, 3.8) is 0 Å². The van der Waals surface area contributed by atoms with E-state index in [1.807, 2.05) is 0 Å². The number of rotatable bonds is 4. The van der Waals surface area contributed by atoms with Crippen LogP contribution >= 0.6 is 15.9 Å². The van der Waals surface area contributed by atoms with Gasteiger partial charge in [0.25, 0.3) is 0 Å². The summed E-state index contributed by atoms with van der Waals surface area (Å²) in [5.74, 6) is 0.212. The normalized spacial score (nSPS) is 25.2. The van der Waals surface area contributed by atoms with Crippen LogP contribution in [0.15, 0.2) is 0 Å². The first-order valence-corrected chi connectivity index (χ1v) is 6.86. The molecule has 0 saturated heterocycles. The van der Waals surface area contributed by atoms with Crippen molar-refractivity contribution in [1.82, 2.24) is 0 Å². The number of hydrogen-bond donors (Lipinski definition) is 1. The van der Waals surface area contributed by atoms with Crippen molar-refractivity contribution in [1.29, 1.82) is 0 Å². The minimum Gasteiger partial charge on any atom is -0.390 e. The highest BCUT2D eigenvalue weighted by atomic mass is 79.9. The monoisotopic (exact) mass is 270 g/mol. The topological polar surface area (TPSA) is 54.4 Å². The summed E-state index contributed by atoms with van der Waals surface area (Å²) >= 11 is 3.13. The van der Waals surface area contributed by atoms with Crippen LogP contribution in [0.4, 0.5) is 0 Å². The Hall–Kier alpha value is 0.390. The van der Waals surface area contributed by atoms with Gasteiger partial charge in [-0.2, -0.15) is 0 Å². The number of sulfone groups is 1. The van der Waals surface area contributed by atoms with E-state index >= 15 is 0 Å². The third kappa shape index (κ3) is 2.07. The molecule has 0 spiro atoms. The van der Waals surface area contributed by atoms with Crippen molar-refractivity contribution in [3.8, 4) is 0 Å². The van der Waals surface area contributed by atoms with Gasteiger partial charge >= 0.3 is 0 Å². The molecule has 13 heavy (non-hydrogen) atoms. The Balaban J connectivity index is 2.85. The molecule has 1 N–H and O–H groups in total. The van der Waals surface area contributed by atoms with Gasteiger partial charge in [0, 0.05) is 5.75 Å². The van der Waals surface area contributed by atoms with Crippen LogP contribution in [0.5, 0.6) is 0 Å². The molecule has 1 aliphatic carbocycles. The fourth-order valence-corrected chi connectivity index (χ4v) is 3.48. The van der Waals surface area contributed by atoms with Crippen LogP contribution in [0.25, 0.3) is 0 Å². The molecular formula is C8H15BrO3S. The SMILES string of the molecule is CCS(=O)(=O)[C@@](C)(Br)[C@H](O)C1CC1. The molecule has 1 fully saturated rings. The number of aliphatic hydroxyl groups excluding tert-OH is 1. The summed E-state index contributed by atoms with van der Waals surface area (Å²) in [5.41, 5.74) is 0. The van der Waals surface area contributed by atoms with Crippen LogP contribution in [0.2, 0.25) is 0 Å². The van der Waals surface area contributed by atoms with Crippen molar-refractivity contribution in [2.75, 3.05) is 5.75 Å². The zero-order chi connectivity index (χ0) is 10.3. The molecular weight excluding hydrogens is 256 g/mol. The summed E-state index contributed by atoms with van der Waals surface area (Å²) in [6, 6.07) is 0. The molecule has 0 aliphatic heterocycles. The fourth-order valence-electron chi connectivity index (χ4n) is 1.30. The Morgan fingerprint density at radius 3 is 2.38 bits per heavy atom. The van der Waals surface area contributed by atoms with Crippen LogP contribution in [0.3, 0.4) is 0 Å². The zero-order valence-corrected chi connectivity index (χ0v) is 10.2. The highest BCUT2D eigenvalue weighted by Crippen LogP contribution is 2.43. The molecule has 0 aromatic carbocycles. The van der Waals surface area contributed by atoms with Gasteiger partial charge in [-0.15, -0.1) is 0 Å². The number of hydrogen-bond acceptors (Lipinski definition) is 3. The third-order valence-electron chi connectivity index (χ3n) is 2.58. The first-order chi connectivity index (χ1) is 5.83. The van der Waals surface area contributed by atoms with E-state index in [0.29, 0.717) is 0 Å². The van der Waals surface area contributed by atoms with Gasteiger partial charge in [0.1, 0.15) is 3.66 Å². The van der Waals surface area contributed by atoms with Crippen molar-refractivity contribution in [3.05, 3.63) is 0 Å². The molecule has 5 heteroatoms. The first-order valence-electron chi connectivity index (χ1n) is 4.42. The Morgan fingerprint density at radius 2 is 2.08 bits per heavy atom. The Morgan fingerprint density at radius 1 is 1.62 bits per heavy atom. The molecule has 3 nitrogen and oxygen atoms in total. The van der Waals surface area contributed by atoms with Gasteiger partial charge in [-0.1, -0.05) is 22.9 Å². The minimum absolute atomic E-state index is 0.0541. The molecule has 0 unspecified atom stereocenters. The van der Waals surface area contributed by atoms with Crippen LogP contribution in [0, 0.1) is 5.92 Å². The summed E-state index contributed by atoms with van der Waals surface area (Å²) in [6.07, 6.45) is 1.08. The molecule has 0 bridgehead atoms. The van der Waals surface area contributed by atoms with Gasteiger partial charge in [0.05, 0.1) is 6.10 Å². The lowest BCUT2D eigenvalue weighted by atomic mass is 10.2. The smallest absolute Gasteiger partial charge is 0.167 e. The number of alkyl halides is 1. The second-order valence-corrected chi connectivity index (χ2v) is 8.50. The van der Waals surface area contributed by atoms with Gasteiger partial charge in [-0.05, 0) is 25.7 Å². The Bertz CT molecular complexity index is 280. The summed E-state index contributed by atoms with van der Waals surface area (Å²) in [6.45, 7) is 3.13. The van der Waals surface area contributed by atoms with Crippen LogP contribution in [-0.2, 0) is 9.84 Å². The van der Waals surface area contributed by atoms with E-state index in [0.717, 1.165) is 12.8 Å². The van der Waals surface area contributed by atoms with E-state index in [4.69, 9.17) is 0 Å². The molecule has 1 saturated carbocycles. The quantitative estimate of drug-likeness (QED) is 0.784. The average molecular weight is 271 g/mol.